The number of carboxylic acid groups (broad SMARTS) is 1. The Morgan fingerprint density at radius 3 is 2.70 bits per heavy atom. The van der Waals surface area contributed by atoms with Crippen LogP contribution >= 0.6 is 0 Å². The van der Waals surface area contributed by atoms with Crippen LogP contribution in [0.2, 0.25) is 0 Å². The largest absolute Gasteiger partial charge is 0.480 e. The number of amides is 1. The lowest BCUT2D eigenvalue weighted by molar-refractivity contribution is -0.142. The summed E-state index contributed by atoms with van der Waals surface area (Å²) < 4.78 is 4.87. The average Bonchev–Trinajstić information content (AvgIpc) is 2.45. The van der Waals surface area contributed by atoms with Crippen molar-refractivity contribution in [1.82, 2.24) is 10.3 Å². The van der Waals surface area contributed by atoms with E-state index in [9.17, 15) is 9.59 Å². The maximum atomic E-state index is 11.7. The number of aromatic nitrogens is 1. The average molecular weight is 280 g/mol. The van der Waals surface area contributed by atoms with Crippen molar-refractivity contribution in [2.45, 2.75) is 31.7 Å². The molecule has 0 bridgehead atoms. The number of hydrogen-bond donors (Lipinski definition) is 2. The zero-order valence-electron chi connectivity index (χ0n) is 11.5. The highest BCUT2D eigenvalue weighted by atomic mass is 16.5. The number of carbonyl (C=O) groups is 2. The van der Waals surface area contributed by atoms with E-state index in [2.05, 4.69) is 10.3 Å². The molecule has 6 nitrogen and oxygen atoms in total. The van der Waals surface area contributed by atoms with Gasteiger partial charge in [0.05, 0.1) is 0 Å². The van der Waals surface area contributed by atoms with Crippen LogP contribution in [-0.2, 0) is 20.7 Å². The lowest BCUT2D eigenvalue weighted by atomic mass is 10.1. The van der Waals surface area contributed by atoms with Crippen LogP contribution in [0, 0.1) is 0 Å². The van der Waals surface area contributed by atoms with Crippen LogP contribution in [0.25, 0.3) is 0 Å². The minimum atomic E-state index is -1.02. The smallest absolute Gasteiger partial charge is 0.326 e. The Bertz CT molecular complexity index is 422. The van der Waals surface area contributed by atoms with Crippen LogP contribution in [0.4, 0.5) is 0 Å². The standard InChI is InChI=1S/C14H20N2O4/c1-20-10-2-3-12(14(18)19)16-13(17)5-4-11-6-8-15-9-7-11/h6-9,12H,2-5,10H2,1H3,(H,16,17)(H,18,19). The number of aliphatic carboxylic acids is 1. The number of nitrogens with one attached hydrogen (secondary N) is 1. The van der Waals surface area contributed by atoms with Crippen molar-refractivity contribution in [3.63, 3.8) is 0 Å². The summed E-state index contributed by atoms with van der Waals surface area (Å²) in [6.07, 6.45) is 5.12. The summed E-state index contributed by atoms with van der Waals surface area (Å²) in [4.78, 5) is 26.7. The van der Waals surface area contributed by atoms with Gasteiger partial charge in [-0.05, 0) is 37.0 Å². The number of nitrogens with zero attached hydrogens (tertiary/aromatic N) is 1. The van der Waals surface area contributed by atoms with E-state index in [1.54, 1.807) is 19.5 Å². The van der Waals surface area contributed by atoms with Gasteiger partial charge in [-0.3, -0.25) is 9.78 Å². The molecule has 0 radical (unpaired) electrons. The van der Waals surface area contributed by atoms with Crippen molar-refractivity contribution in [2.24, 2.45) is 0 Å². The molecule has 1 heterocycles. The Labute approximate surface area is 118 Å². The SMILES string of the molecule is COCCCC(NC(=O)CCc1ccncc1)C(=O)O. The first-order valence-electron chi connectivity index (χ1n) is 6.53. The molecule has 0 fully saturated rings. The Morgan fingerprint density at radius 1 is 1.40 bits per heavy atom. The van der Waals surface area contributed by atoms with Crippen molar-refractivity contribution < 1.29 is 19.4 Å². The molecule has 0 aliphatic carbocycles. The highest BCUT2D eigenvalue weighted by molar-refractivity contribution is 5.83. The van der Waals surface area contributed by atoms with Gasteiger partial charge in [0.25, 0.3) is 0 Å². The predicted molar refractivity (Wildman–Crippen MR) is 73.2 cm³/mol. The minimum absolute atomic E-state index is 0.258. The third kappa shape index (κ3) is 6.29. The Kier molecular flexibility index (Phi) is 7.27. The van der Waals surface area contributed by atoms with Crippen LogP contribution in [0.15, 0.2) is 24.5 Å². The molecule has 1 aromatic rings. The molecule has 1 atom stereocenters. The summed E-state index contributed by atoms with van der Waals surface area (Å²) in [5.74, 6) is -1.27. The van der Waals surface area contributed by atoms with Crippen molar-refractivity contribution in [2.75, 3.05) is 13.7 Å². The molecular formula is C14H20N2O4. The first-order valence-corrected chi connectivity index (χ1v) is 6.53. The zero-order chi connectivity index (χ0) is 14.8. The zero-order valence-corrected chi connectivity index (χ0v) is 11.5. The van der Waals surface area contributed by atoms with Crippen molar-refractivity contribution in [1.29, 1.82) is 0 Å². The minimum Gasteiger partial charge on any atom is -0.480 e. The number of carboxylic acids is 1. The monoisotopic (exact) mass is 280 g/mol. The molecule has 0 aromatic carbocycles. The summed E-state index contributed by atoms with van der Waals surface area (Å²) >= 11 is 0. The third-order valence-corrected chi connectivity index (χ3v) is 2.86. The molecule has 1 rings (SSSR count). The molecule has 0 aliphatic heterocycles. The van der Waals surface area contributed by atoms with Gasteiger partial charge >= 0.3 is 5.97 Å². The van der Waals surface area contributed by atoms with E-state index >= 15 is 0 Å². The van der Waals surface area contributed by atoms with Gasteiger partial charge < -0.3 is 15.2 Å². The second kappa shape index (κ2) is 9.03. The van der Waals surface area contributed by atoms with E-state index in [4.69, 9.17) is 9.84 Å². The molecular weight excluding hydrogens is 260 g/mol. The number of pyridine rings is 1. The van der Waals surface area contributed by atoms with E-state index in [1.807, 2.05) is 12.1 Å². The first-order chi connectivity index (χ1) is 9.63. The molecule has 0 spiro atoms. The molecule has 6 heteroatoms. The fourth-order valence-electron chi connectivity index (χ4n) is 1.76. The second-order valence-electron chi connectivity index (χ2n) is 4.45. The summed E-state index contributed by atoms with van der Waals surface area (Å²) in [7, 11) is 1.56. The van der Waals surface area contributed by atoms with E-state index in [0.717, 1.165) is 5.56 Å². The van der Waals surface area contributed by atoms with Crippen LogP contribution in [-0.4, -0.2) is 41.7 Å². The Hall–Kier alpha value is -1.95. The van der Waals surface area contributed by atoms with Crippen LogP contribution in [0.1, 0.15) is 24.8 Å². The number of methoxy groups -OCH3 is 1. The van der Waals surface area contributed by atoms with Crippen molar-refractivity contribution in [3.05, 3.63) is 30.1 Å². The van der Waals surface area contributed by atoms with Crippen LogP contribution in [0.3, 0.4) is 0 Å². The van der Waals surface area contributed by atoms with E-state index in [-0.39, 0.29) is 12.3 Å². The van der Waals surface area contributed by atoms with Crippen LogP contribution < -0.4 is 5.32 Å². The second-order valence-corrected chi connectivity index (χ2v) is 4.45. The van der Waals surface area contributed by atoms with Gasteiger partial charge in [0.2, 0.25) is 5.91 Å². The Balaban J connectivity index is 2.36. The predicted octanol–water partition coefficient (Wildman–Crippen LogP) is 1.01. The van der Waals surface area contributed by atoms with Gasteiger partial charge in [-0.15, -0.1) is 0 Å². The maximum Gasteiger partial charge on any atom is 0.326 e. The van der Waals surface area contributed by atoms with Gasteiger partial charge in [0, 0.05) is 32.5 Å². The fraction of sp³-hybridized carbons (Fsp3) is 0.500. The molecule has 1 aromatic heterocycles. The fourth-order valence-corrected chi connectivity index (χ4v) is 1.76. The topological polar surface area (TPSA) is 88.5 Å². The quantitative estimate of drug-likeness (QED) is 0.659. The van der Waals surface area contributed by atoms with Gasteiger partial charge in [0.15, 0.2) is 0 Å². The maximum absolute atomic E-state index is 11.7. The molecule has 110 valence electrons. The number of carbonyl (C=O) groups excluding carboxylic acids is 1. The van der Waals surface area contributed by atoms with E-state index < -0.39 is 12.0 Å². The molecule has 1 amide bonds. The normalized spacial score (nSPS) is 11.8. The summed E-state index contributed by atoms with van der Waals surface area (Å²) in [5, 5.41) is 11.6. The van der Waals surface area contributed by atoms with Crippen molar-refractivity contribution >= 4 is 11.9 Å². The first kappa shape index (κ1) is 16.1. The number of hydrogen-bond acceptors (Lipinski definition) is 4. The molecule has 0 saturated carbocycles. The lowest BCUT2D eigenvalue weighted by Crippen LogP contribution is -2.41. The van der Waals surface area contributed by atoms with Gasteiger partial charge in [0.1, 0.15) is 6.04 Å². The summed E-state index contributed by atoms with van der Waals surface area (Å²) in [6.45, 7) is 0.483. The third-order valence-electron chi connectivity index (χ3n) is 2.86. The van der Waals surface area contributed by atoms with Gasteiger partial charge in [-0.25, -0.2) is 4.79 Å². The van der Waals surface area contributed by atoms with E-state index in [1.165, 1.54) is 0 Å². The molecule has 1 unspecified atom stereocenters. The summed E-state index contributed by atoms with van der Waals surface area (Å²) in [5.41, 5.74) is 1.00. The summed E-state index contributed by atoms with van der Waals surface area (Å²) in [6, 6.07) is 2.82. The molecule has 2 N–H and O–H groups in total. The molecule has 20 heavy (non-hydrogen) atoms. The molecule has 0 aliphatic rings. The highest BCUT2D eigenvalue weighted by Crippen LogP contribution is 2.03. The number of rotatable bonds is 9. The molecule has 0 saturated heterocycles. The lowest BCUT2D eigenvalue weighted by Gasteiger charge is -2.14. The van der Waals surface area contributed by atoms with Crippen molar-refractivity contribution in [3.8, 4) is 0 Å². The van der Waals surface area contributed by atoms with Crippen LogP contribution in [0.5, 0.6) is 0 Å². The van der Waals surface area contributed by atoms with E-state index in [0.29, 0.717) is 25.9 Å². The Morgan fingerprint density at radius 2 is 2.10 bits per heavy atom. The van der Waals surface area contributed by atoms with Gasteiger partial charge in [-0.2, -0.15) is 0 Å². The highest BCUT2D eigenvalue weighted by Gasteiger charge is 2.19. The van der Waals surface area contributed by atoms with Gasteiger partial charge in [-0.1, -0.05) is 0 Å². The number of aryl methyl sites for hydroxylation is 1. The number of ether oxygens (including phenoxy) is 1.